The van der Waals surface area contributed by atoms with E-state index in [1.807, 2.05) is 0 Å². The molecular weight excluding hydrogens is 578 g/mol. The molecule has 0 radical (unpaired) electrons. The number of anilines is 1. The zero-order valence-corrected chi connectivity index (χ0v) is 22.5. The maximum Gasteiger partial charge on any atom is 0.389 e. The van der Waals surface area contributed by atoms with Crippen LogP contribution in [0.15, 0.2) is 47.5 Å². The van der Waals surface area contributed by atoms with Crippen LogP contribution in [0.1, 0.15) is 48.8 Å². The Balaban J connectivity index is 1.99. The summed E-state index contributed by atoms with van der Waals surface area (Å²) in [7, 11) is 0. The lowest BCUT2D eigenvalue weighted by Crippen LogP contribution is -2.48. The highest BCUT2D eigenvalue weighted by Crippen LogP contribution is 2.32. The number of carbonyl (C=O) groups is 3. The topological polar surface area (TPSA) is 114 Å². The average molecular weight is 605 g/mol. The summed E-state index contributed by atoms with van der Waals surface area (Å²) in [5.41, 5.74) is 7.55. The lowest BCUT2D eigenvalue weighted by molar-refractivity contribution is -0.147. The van der Waals surface area contributed by atoms with Gasteiger partial charge in [0.05, 0.1) is 11.4 Å². The van der Waals surface area contributed by atoms with Crippen molar-refractivity contribution in [3.05, 3.63) is 64.2 Å². The van der Waals surface area contributed by atoms with Gasteiger partial charge in [0, 0.05) is 40.8 Å². The van der Waals surface area contributed by atoms with Crippen molar-refractivity contribution in [3.63, 3.8) is 0 Å². The first kappa shape index (κ1) is 31.9. The van der Waals surface area contributed by atoms with Crippen molar-refractivity contribution in [2.24, 2.45) is 22.6 Å². The van der Waals surface area contributed by atoms with Gasteiger partial charge in [0.25, 0.3) is 5.91 Å². The first-order valence-corrected chi connectivity index (χ1v) is 12.9. The summed E-state index contributed by atoms with van der Waals surface area (Å²) in [6.07, 6.45) is -16.0. The fourth-order valence-corrected chi connectivity index (χ4v) is 4.77. The van der Waals surface area contributed by atoms with Crippen molar-refractivity contribution in [1.82, 2.24) is 5.32 Å². The Morgan fingerprint density at radius 1 is 1.02 bits per heavy atom. The van der Waals surface area contributed by atoms with E-state index in [0.717, 1.165) is 0 Å². The molecule has 1 aliphatic rings. The van der Waals surface area contributed by atoms with Crippen molar-refractivity contribution >= 4 is 40.7 Å². The number of aliphatic imine (C=N–C) groups is 1. The highest BCUT2D eigenvalue weighted by Gasteiger charge is 2.39. The number of primary amides is 1. The predicted molar refractivity (Wildman–Crippen MR) is 140 cm³/mol. The van der Waals surface area contributed by atoms with E-state index < -0.39 is 80.2 Å². The second-order valence-corrected chi connectivity index (χ2v) is 10.1. The molecule has 222 valence electrons. The van der Waals surface area contributed by atoms with Crippen LogP contribution in [0.3, 0.4) is 0 Å². The minimum Gasteiger partial charge on any atom is -0.369 e. The molecule has 4 N–H and O–H groups in total. The Kier molecular flexibility index (Phi) is 10.1. The number of nitrogens with zero attached hydrogens (tertiary/aromatic N) is 1. The molecular formula is C27H27ClF6N4O3. The smallest absolute Gasteiger partial charge is 0.369 e. The van der Waals surface area contributed by atoms with Crippen LogP contribution < -0.4 is 16.4 Å². The van der Waals surface area contributed by atoms with E-state index >= 15 is 0 Å². The number of nitrogens with one attached hydrogen (secondary N) is 2. The summed E-state index contributed by atoms with van der Waals surface area (Å²) in [6, 6.07) is 11.6. The Morgan fingerprint density at radius 2 is 1.68 bits per heavy atom. The summed E-state index contributed by atoms with van der Waals surface area (Å²) < 4.78 is 77.4. The van der Waals surface area contributed by atoms with Gasteiger partial charge in [-0.2, -0.15) is 26.3 Å². The molecule has 3 unspecified atom stereocenters. The number of carbonyl (C=O) groups excluding carboxylic acids is 3. The van der Waals surface area contributed by atoms with Crippen molar-refractivity contribution in [2.45, 2.75) is 57.5 Å². The van der Waals surface area contributed by atoms with Crippen LogP contribution in [0.2, 0.25) is 5.02 Å². The first-order valence-electron chi connectivity index (χ1n) is 12.5. The van der Waals surface area contributed by atoms with Crippen LogP contribution in [0, 0.1) is 18.8 Å². The van der Waals surface area contributed by atoms with Gasteiger partial charge in [-0.3, -0.25) is 14.4 Å². The SMILES string of the molecule is Cc1cccc2c1NC(=O)C(NC(=O)C(CCC(F)(F)F)C(CCCC(F)(F)F)C(N)=O)N=C2c1cccc(Cl)c1. The molecule has 0 aliphatic carbocycles. The highest BCUT2D eigenvalue weighted by molar-refractivity contribution is 6.31. The van der Waals surface area contributed by atoms with Crippen LogP contribution in [0.5, 0.6) is 0 Å². The molecule has 1 aliphatic heterocycles. The Morgan fingerprint density at radius 3 is 2.29 bits per heavy atom. The molecule has 0 fully saturated rings. The molecule has 14 heteroatoms. The number of rotatable bonds is 10. The summed E-state index contributed by atoms with van der Waals surface area (Å²) >= 11 is 6.15. The molecule has 2 aromatic rings. The van der Waals surface area contributed by atoms with E-state index in [2.05, 4.69) is 15.6 Å². The first-order chi connectivity index (χ1) is 19.1. The quantitative estimate of drug-likeness (QED) is 0.304. The van der Waals surface area contributed by atoms with Gasteiger partial charge in [0.2, 0.25) is 18.0 Å². The van der Waals surface area contributed by atoms with Gasteiger partial charge in [-0.25, -0.2) is 4.99 Å². The van der Waals surface area contributed by atoms with E-state index in [1.165, 1.54) is 0 Å². The van der Waals surface area contributed by atoms with Crippen LogP contribution in [-0.2, 0) is 14.4 Å². The van der Waals surface area contributed by atoms with Crippen molar-refractivity contribution < 1.29 is 40.7 Å². The number of halogens is 7. The molecule has 1 heterocycles. The fraction of sp³-hybridized carbons (Fsp3) is 0.407. The molecule has 0 spiro atoms. The summed E-state index contributed by atoms with van der Waals surface area (Å²) in [5.74, 6) is -6.65. The third kappa shape index (κ3) is 8.94. The predicted octanol–water partition coefficient (Wildman–Crippen LogP) is 5.67. The molecule has 0 aromatic heterocycles. The number of para-hydroxylation sites is 1. The van der Waals surface area contributed by atoms with E-state index in [1.54, 1.807) is 49.4 Å². The number of benzene rings is 2. The second kappa shape index (κ2) is 12.9. The summed E-state index contributed by atoms with van der Waals surface area (Å²) in [6.45, 7) is 1.72. The van der Waals surface area contributed by atoms with Crippen LogP contribution in [0.25, 0.3) is 0 Å². The third-order valence-corrected chi connectivity index (χ3v) is 6.80. The fourth-order valence-electron chi connectivity index (χ4n) is 4.58. The number of nitrogens with two attached hydrogens (primary N) is 1. The van der Waals surface area contributed by atoms with E-state index in [4.69, 9.17) is 17.3 Å². The Hall–Kier alpha value is -3.61. The van der Waals surface area contributed by atoms with Crippen molar-refractivity contribution in [1.29, 1.82) is 0 Å². The van der Waals surface area contributed by atoms with E-state index in [9.17, 15) is 40.7 Å². The molecule has 3 amide bonds. The van der Waals surface area contributed by atoms with Crippen LogP contribution in [-0.4, -0.2) is 42.0 Å². The van der Waals surface area contributed by atoms with Gasteiger partial charge in [-0.05, 0) is 43.9 Å². The lowest BCUT2D eigenvalue weighted by atomic mass is 9.83. The molecule has 0 bridgehead atoms. The van der Waals surface area contributed by atoms with Gasteiger partial charge in [-0.15, -0.1) is 0 Å². The van der Waals surface area contributed by atoms with Gasteiger partial charge in [0.15, 0.2) is 0 Å². The number of benzodiazepines with no additional fused rings is 1. The normalized spacial score (nSPS) is 17.0. The van der Waals surface area contributed by atoms with Gasteiger partial charge in [0.1, 0.15) is 0 Å². The minimum absolute atomic E-state index is 0.235. The Labute approximate surface area is 236 Å². The summed E-state index contributed by atoms with van der Waals surface area (Å²) in [5, 5.41) is 5.29. The molecule has 0 saturated carbocycles. The minimum atomic E-state index is -4.73. The van der Waals surface area contributed by atoms with Crippen molar-refractivity contribution in [3.8, 4) is 0 Å². The molecule has 3 atom stereocenters. The molecule has 2 aromatic carbocycles. The molecule has 41 heavy (non-hydrogen) atoms. The number of fused-ring (bicyclic) bond motifs is 1. The Bertz CT molecular complexity index is 1330. The zero-order valence-electron chi connectivity index (χ0n) is 21.7. The van der Waals surface area contributed by atoms with Crippen molar-refractivity contribution in [2.75, 3.05) is 5.32 Å². The maximum absolute atomic E-state index is 13.4. The van der Waals surface area contributed by atoms with Gasteiger partial charge in [-0.1, -0.05) is 41.9 Å². The van der Waals surface area contributed by atoms with Crippen LogP contribution >= 0.6 is 11.6 Å². The monoisotopic (exact) mass is 604 g/mol. The molecule has 0 saturated heterocycles. The second-order valence-electron chi connectivity index (χ2n) is 9.66. The standard InChI is InChI=1S/C27H27ClF6N4O3/c1-14-5-2-8-19-20(14)37-25(41)23(36-21(19)15-6-3-7-16(28)13-15)38-24(40)18(10-12-27(32,33)34)17(22(35)39)9-4-11-26(29,30)31/h2-3,5-8,13,17-18,23H,4,9-12H2,1H3,(H2,35,39)(H,37,41)(H,38,40). The average Bonchev–Trinajstić information content (AvgIpc) is 2.99. The lowest BCUT2D eigenvalue weighted by Gasteiger charge is -2.26. The zero-order chi connectivity index (χ0) is 30.5. The van der Waals surface area contributed by atoms with Gasteiger partial charge >= 0.3 is 12.4 Å². The maximum atomic E-state index is 13.4. The summed E-state index contributed by atoms with van der Waals surface area (Å²) in [4.78, 5) is 43.1. The van der Waals surface area contributed by atoms with Gasteiger partial charge < -0.3 is 16.4 Å². The largest absolute Gasteiger partial charge is 0.389 e. The highest BCUT2D eigenvalue weighted by atomic mass is 35.5. The third-order valence-electron chi connectivity index (χ3n) is 6.56. The van der Waals surface area contributed by atoms with E-state index in [-0.39, 0.29) is 5.71 Å². The number of aryl methyl sites for hydroxylation is 1. The molecule has 7 nitrogen and oxygen atoms in total. The van der Waals surface area contributed by atoms with Crippen LogP contribution in [0.4, 0.5) is 32.0 Å². The number of alkyl halides is 6. The number of hydrogen-bond donors (Lipinski definition) is 3. The number of hydrogen-bond acceptors (Lipinski definition) is 4. The molecule has 3 rings (SSSR count). The van der Waals surface area contributed by atoms with E-state index in [0.29, 0.717) is 27.4 Å². The number of amides is 3.